The van der Waals surface area contributed by atoms with Gasteiger partial charge in [0.1, 0.15) is 5.82 Å². The van der Waals surface area contributed by atoms with Gasteiger partial charge in [-0.2, -0.15) is 9.94 Å². The highest BCUT2D eigenvalue weighted by atomic mass is 19.1. The van der Waals surface area contributed by atoms with Crippen molar-refractivity contribution in [2.45, 2.75) is 6.54 Å². The van der Waals surface area contributed by atoms with E-state index in [2.05, 4.69) is 11.2 Å². The second-order valence-electron chi connectivity index (χ2n) is 6.19. The Kier molecular flexibility index (Phi) is 4.56. The van der Waals surface area contributed by atoms with Crippen molar-refractivity contribution in [2.75, 3.05) is 0 Å². The second kappa shape index (κ2) is 7.33. The lowest BCUT2D eigenvalue weighted by Crippen LogP contribution is -2.16. The summed E-state index contributed by atoms with van der Waals surface area (Å²) in [7, 11) is 0. The Labute approximate surface area is 159 Å². The van der Waals surface area contributed by atoms with Crippen molar-refractivity contribution in [2.24, 2.45) is 0 Å². The minimum absolute atomic E-state index is 0.143. The smallest absolute Gasteiger partial charge is 0.388 e. The number of hydrogen-bond acceptors (Lipinski definition) is 4. The van der Waals surface area contributed by atoms with Gasteiger partial charge in [0.25, 0.3) is 0 Å². The maximum atomic E-state index is 13.0. The van der Waals surface area contributed by atoms with Gasteiger partial charge in [0.2, 0.25) is 5.89 Å². The number of halogens is 1. The number of hydrogen-bond donors (Lipinski definition) is 0. The summed E-state index contributed by atoms with van der Waals surface area (Å²) in [4.78, 5) is 12.1. The van der Waals surface area contributed by atoms with Crippen molar-refractivity contribution in [1.82, 2.24) is 9.78 Å². The molecule has 0 aliphatic carbocycles. The first kappa shape index (κ1) is 17.4. The number of nitrogens with zero attached hydrogens (tertiary/aromatic N) is 3. The monoisotopic (exact) mass is 371 g/mol. The third-order valence-corrected chi connectivity index (χ3v) is 4.34. The molecule has 136 valence electrons. The first-order valence-corrected chi connectivity index (χ1v) is 8.56. The molecule has 0 fully saturated rings. The van der Waals surface area contributed by atoms with Crippen LogP contribution in [0, 0.1) is 17.1 Å². The third kappa shape index (κ3) is 3.46. The van der Waals surface area contributed by atoms with E-state index in [-0.39, 0.29) is 18.3 Å². The minimum atomic E-state index is -0.585. The summed E-state index contributed by atoms with van der Waals surface area (Å²) < 4.78 is 19.4. The molecule has 0 N–H and O–H groups in total. The summed E-state index contributed by atoms with van der Waals surface area (Å²) in [6.07, 6.45) is 0. The first-order valence-electron chi connectivity index (χ1n) is 8.56. The quantitative estimate of drug-likeness (QED) is 0.538. The van der Waals surface area contributed by atoms with Crippen LogP contribution < -0.4 is 5.76 Å². The van der Waals surface area contributed by atoms with E-state index in [1.54, 1.807) is 6.07 Å². The van der Waals surface area contributed by atoms with Gasteiger partial charge in [0.15, 0.2) is 0 Å². The highest BCUT2D eigenvalue weighted by Crippen LogP contribution is 2.23. The van der Waals surface area contributed by atoms with E-state index in [4.69, 9.17) is 4.42 Å². The van der Waals surface area contributed by atoms with Crippen molar-refractivity contribution in [3.8, 4) is 28.7 Å². The molecule has 6 heteroatoms. The molecule has 0 saturated heterocycles. The molecule has 0 spiro atoms. The molecule has 0 bridgehead atoms. The van der Waals surface area contributed by atoms with Gasteiger partial charge in [-0.15, -0.1) is 5.10 Å². The van der Waals surface area contributed by atoms with Crippen molar-refractivity contribution in [1.29, 1.82) is 5.26 Å². The highest BCUT2D eigenvalue weighted by molar-refractivity contribution is 5.70. The average molecular weight is 371 g/mol. The molecule has 4 aromatic rings. The summed E-state index contributed by atoms with van der Waals surface area (Å²) in [5, 5.41) is 13.4. The molecule has 0 saturated carbocycles. The molecule has 0 aliphatic rings. The van der Waals surface area contributed by atoms with Crippen molar-refractivity contribution < 1.29 is 8.81 Å². The van der Waals surface area contributed by atoms with Gasteiger partial charge in [-0.25, -0.2) is 9.18 Å². The van der Waals surface area contributed by atoms with Crippen LogP contribution in [0.5, 0.6) is 0 Å². The van der Waals surface area contributed by atoms with E-state index in [1.165, 1.54) is 28.9 Å². The van der Waals surface area contributed by atoms with Crippen molar-refractivity contribution in [3.05, 3.63) is 100 Å². The van der Waals surface area contributed by atoms with Gasteiger partial charge in [-0.05, 0) is 47.0 Å². The molecule has 3 aromatic carbocycles. The van der Waals surface area contributed by atoms with E-state index in [0.29, 0.717) is 11.1 Å². The molecule has 0 atom stereocenters. The van der Waals surface area contributed by atoms with E-state index in [9.17, 15) is 14.4 Å². The fourth-order valence-corrected chi connectivity index (χ4v) is 2.91. The van der Waals surface area contributed by atoms with Gasteiger partial charge in [-0.1, -0.05) is 42.5 Å². The van der Waals surface area contributed by atoms with E-state index >= 15 is 0 Å². The fourth-order valence-electron chi connectivity index (χ4n) is 2.91. The van der Waals surface area contributed by atoms with Gasteiger partial charge in [0, 0.05) is 5.56 Å². The van der Waals surface area contributed by atoms with Gasteiger partial charge >= 0.3 is 5.76 Å². The zero-order chi connectivity index (χ0) is 19.5. The van der Waals surface area contributed by atoms with Crippen molar-refractivity contribution in [3.63, 3.8) is 0 Å². The molecule has 1 heterocycles. The normalized spacial score (nSPS) is 10.6. The molecule has 5 nitrogen and oxygen atoms in total. The van der Waals surface area contributed by atoms with E-state index < -0.39 is 5.76 Å². The van der Waals surface area contributed by atoms with Crippen LogP contribution in [0.25, 0.3) is 22.6 Å². The highest BCUT2D eigenvalue weighted by Gasteiger charge is 2.11. The van der Waals surface area contributed by atoms with E-state index in [1.807, 2.05) is 42.5 Å². The Bertz CT molecular complexity index is 1220. The molecule has 1 aromatic heterocycles. The summed E-state index contributed by atoms with van der Waals surface area (Å²) in [6, 6.07) is 22.7. The van der Waals surface area contributed by atoms with Crippen LogP contribution in [0.3, 0.4) is 0 Å². The predicted molar refractivity (Wildman–Crippen MR) is 102 cm³/mol. The van der Waals surface area contributed by atoms with Crippen LogP contribution in [0.1, 0.15) is 11.1 Å². The lowest BCUT2D eigenvalue weighted by molar-refractivity contribution is 0.495. The standard InChI is InChI=1S/C22H14FN3O2/c23-19-11-9-17(10-12-19)21-25-26(22(27)28-21)14-15-5-7-16(8-6-15)20-4-2-1-3-18(20)13-24/h1-12H,14H2. The lowest BCUT2D eigenvalue weighted by Gasteiger charge is -2.05. The lowest BCUT2D eigenvalue weighted by atomic mass is 9.99. The van der Waals surface area contributed by atoms with Crippen LogP contribution in [-0.2, 0) is 6.54 Å². The molecule has 0 aliphatic heterocycles. The van der Waals surface area contributed by atoms with Crippen molar-refractivity contribution >= 4 is 0 Å². The van der Waals surface area contributed by atoms with Crippen LogP contribution in [0.4, 0.5) is 4.39 Å². The minimum Gasteiger partial charge on any atom is -0.388 e. The number of benzene rings is 3. The van der Waals surface area contributed by atoms with Gasteiger partial charge in [0.05, 0.1) is 18.2 Å². The number of aromatic nitrogens is 2. The van der Waals surface area contributed by atoms with Crippen LogP contribution >= 0.6 is 0 Å². The maximum Gasteiger partial charge on any atom is 0.437 e. The number of rotatable bonds is 4. The zero-order valence-electron chi connectivity index (χ0n) is 14.7. The second-order valence-corrected chi connectivity index (χ2v) is 6.19. The summed E-state index contributed by atoms with van der Waals surface area (Å²) in [6.45, 7) is 0.240. The molecule has 4 rings (SSSR count). The Balaban J connectivity index is 1.58. The van der Waals surface area contributed by atoms with Gasteiger partial charge in [-0.3, -0.25) is 0 Å². The fraction of sp³-hybridized carbons (Fsp3) is 0.0455. The number of nitriles is 1. The zero-order valence-corrected chi connectivity index (χ0v) is 14.7. The molecule has 0 unspecified atom stereocenters. The molecular weight excluding hydrogens is 357 g/mol. The Morgan fingerprint density at radius 1 is 0.964 bits per heavy atom. The summed E-state index contributed by atoms with van der Waals surface area (Å²) >= 11 is 0. The summed E-state index contributed by atoms with van der Waals surface area (Å²) in [5.41, 5.74) is 3.76. The third-order valence-electron chi connectivity index (χ3n) is 4.34. The average Bonchev–Trinajstić information content (AvgIpc) is 3.09. The maximum absolute atomic E-state index is 13.0. The topological polar surface area (TPSA) is 71.8 Å². The Hall–Kier alpha value is -3.98. The Morgan fingerprint density at radius 2 is 1.64 bits per heavy atom. The molecule has 0 radical (unpaired) electrons. The molecular formula is C22H14FN3O2. The summed E-state index contributed by atoms with van der Waals surface area (Å²) in [5.74, 6) is -0.814. The SMILES string of the molecule is N#Cc1ccccc1-c1ccc(Cn2nc(-c3ccc(F)cc3)oc2=O)cc1. The largest absolute Gasteiger partial charge is 0.437 e. The molecule has 0 amide bonds. The van der Waals surface area contributed by atoms with Crippen LogP contribution in [-0.4, -0.2) is 9.78 Å². The van der Waals surface area contributed by atoms with Gasteiger partial charge < -0.3 is 4.42 Å². The van der Waals surface area contributed by atoms with Crippen LogP contribution in [0.15, 0.2) is 82.0 Å². The van der Waals surface area contributed by atoms with Crippen LogP contribution in [0.2, 0.25) is 0 Å². The Morgan fingerprint density at radius 3 is 2.36 bits per heavy atom. The first-order chi connectivity index (χ1) is 13.6. The molecule has 28 heavy (non-hydrogen) atoms. The van der Waals surface area contributed by atoms with E-state index in [0.717, 1.165) is 16.7 Å². The predicted octanol–water partition coefficient (Wildman–Crippen LogP) is 4.23.